The van der Waals surface area contributed by atoms with Crippen LogP contribution in [0.2, 0.25) is 0 Å². The topological polar surface area (TPSA) is 74.6 Å². The summed E-state index contributed by atoms with van der Waals surface area (Å²) in [5, 5.41) is 17.5. The number of hydrogen-bond donors (Lipinski definition) is 2. The van der Waals surface area contributed by atoms with Gasteiger partial charge in [-0.3, -0.25) is 0 Å². The van der Waals surface area contributed by atoms with Gasteiger partial charge in [0.25, 0.3) is 0 Å². The van der Waals surface area contributed by atoms with Crippen LogP contribution in [-0.2, 0) is 9.59 Å². The predicted molar refractivity (Wildman–Crippen MR) is 51.1 cm³/mol. The SMILES string of the molecule is CC1CCC(C(=O)O)=C(C(=O)O)C1.[Ca]. The fourth-order valence-electron chi connectivity index (χ4n) is 1.57. The van der Waals surface area contributed by atoms with Crippen molar-refractivity contribution in [2.24, 2.45) is 5.92 Å². The Morgan fingerprint density at radius 2 is 1.71 bits per heavy atom. The third-order valence-electron chi connectivity index (χ3n) is 2.32. The van der Waals surface area contributed by atoms with Gasteiger partial charge in [-0.1, -0.05) is 6.92 Å². The Balaban J connectivity index is 0.00000169. The van der Waals surface area contributed by atoms with Gasteiger partial charge < -0.3 is 10.2 Å². The standard InChI is InChI=1S/C9H12O4.Ca/c1-5-2-3-6(8(10)11)7(4-5)9(12)13;/h5H,2-4H2,1H3,(H,10,11)(H,12,13);. The first-order valence-electron chi connectivity index (χ1n) is 4.21. The molecule has 4 nitrogen and oxygen atoms in total. The molecule has 0 bridgehead atoms. The van der Waals surface area contributed by atoms with Gasteiger partial charge in [-0.15, -0.1) is 0 Å². The van der Waals surface area contributed by atoms with Crippen LogP contribution in [0.1, 0.15) is 26.2 Å². The average molecular weight is 224 g/mol. The fraction of sp³-hybridized carbons (Fsp3) is 0.556. The average Bonchev–Trinajstić information content (AvgIpc) is 2.03. The van der Waals surface area contributed by atoms with Crippen molar-refractivity contribution < 1.29 is 19.8 Å². The fourth-order valence-corrected chi connectivity index (χ4v) is 1.57. The molecule has 0 fully saturated rings. The summed E-state index contributed by atoms with van der Waals surface area (Å²) in [5.41, 5.74) is 0.150. The predicted octanol–water partition coefficient (Wildman–Crippen LogP) is 0.891. The number of hydrogen-bond acceptors (Lipinski definition) is 2. The minimum atomic E-state index is -1.09. The normalized spacial score (nSPS) is 21.4. The van der Waals surface area contributed by atoms with Crippen molar-refractivity contribution in [1.82, 2.24) is 0 Å². The summed E-state index contributed by atoms with van der Waals surface area (Å²) < 4.78 is 0. The van der Waals surface area contributed by atoms with E-state index in [4.69, 9.17) is 10.2 Å². The first-order valence-corrected chi connectivity index (χ1v) is 4.21. The molecular formula is C9H12CaO4. The van der Waals surface area contributed by atoms with Gasteiger partial charge in [0.15, 0.2) is 0 Å². The monoisotopic (exact) mass is 224 g/mol. The van der Waals surface area contributed by atoms with Crippen LogP contribution in [0, 0.1) is 5.92 Å². The maximum Gasteiger partial charge on any atom is 0.332 e. The van der Waals surface area contributed by atoms with E-state index in [1.165, 1.54) is 0 Å². The molecular weight excluding hydrogens is 212 g/mol. The van der Waals surface area contributed by atoms with E-state index in [-0.39, 0.29) is 54.8 Å². The molecule has 1 unspecified atom stereocenters. The number of aliphatic carboxylic acids is 2. The van der Waals surface area contributed by atoms with Gasteiger partial charge in [0.05, 0.1) is 0 Å². The first kappa shape index (κ1) is 13.9. The van der Waals surface area contributed by atoms with Gasteiger partial charge in [0, 0.05) is 48.9 Å². The molecule has 0 amide bonds. The summed E-state index contributed by atoms with van der Waals surface area (Å²) in [4.78, 5) is 21.3. The van der Waals surface area contributed by atoms with Gasteiger partial charge >= 0.3 is 11.9 Å². The van der Waals surface area contributed by atoms with Crippen molar-refractivity contribution in [2.75, 3.05) is 0 Å². The molecule has 0 saturated heterocycles. The van der Waals surface area contributed by atoms with E-state index < -0.39 is 11.9 Å². The second-order valence-electron chi connectivity index (χ2n) is 3.42. The molecule has 74 valence electrons. The van der Waals surface area contributed by atoms with Crippen LogP contribution in [0.3, 0.4) is 0 Å². The van der Waals surface area contributed by atoms with Gasteiger partial charge in [0.2, 0.25) is 0 Å². The molecule has 1 aliphatic rings. The van der Waals surface area contributed by atoms with Gasteiger partial charge in [-0.25, -0.2) is 9.59 Å². The van der Waals surface area contributed by atoms with Gasteiger partial charge in [0.1, 0.15) is 0 Å². The minimum Gasteiger partial charge on any atom is -0.478 e. The van der Waals surface area contributed by atoms with E-state index in [9.17, 15) is 9.59 Å². The molecule has 2 radical (unpaired) electrons. The van der Waals surface area contributed by atoms with Crippen molar-refractivity contribution in [1.29, 1.82) is 0 Å². The summed E-state index contributed by atoms with van der Waals surface area (Å²) in [6.07, 6.45) is 1.51. The molecule has 5 heteroatoms. The Bertz CT molecular complexity index is 283. The third-order valence-corrected chi connectivity index (χ3v) is 2.32. The van der Waals surface area contributed by atoms with E-state index in [0.717, 1.165) is 6.42 Å². The van der Waals surface area contributed by atoms with E-state index in [1.807, 2.05) is 6.92 Å². The zero-order valence-corrected chi connectivity index (χ0v) is 10.3. The minimum absolute atomic E-state index is 0. The molecule has 0 aromatic heterocycles. The molecule has 0 aliphatic heterocycles. The Morgan fingerprint density at radius 1 is 1.21 bits per heavy atom. The molecule has 0 aromatic carbocycles. The van der Waals surface area contributed by atoms with Crippen LogP contribution < -0.4 is 0 Å². The van der Waals surface area contributed by atoms with E-state index in [0.29, 0.717) is 12.8 Å². The molecule has 1 aliphatic carbocycles. The summed E-state index contributed by atoms with van der Waals surface area (Å²) in [7, 11) is 0. The Labute approximate surface area is 112 Å². The maximum atomic E-state index is 10.7. The molecule has 0 aromatic rings. The molecule has 0 heterocycles. The van der Waals surface area contributed by atoms with Crippen LogP contribution >= 0.6 is 0 Å². The van der Waals surface area contributed by atoms with Gasteiger partial charge in [-0.2, -0.15) is 0 Å². The number of rotatable bonds is 2. The molecule has 2 N–H and O–H groups in total. The molecule has 1 atom stereocenters. The van der Waals surface area contributed by atoms with Crippen molar-refractivity contribution in [2.45, 2.75) is 26.2 Å². The number of carbonyl (C=O) groups is 2. The van der Waals surface area contributed by atoms with Crippen LogP contribution in [0.4, 0.5) is 0 Å². The van der Waals surface area contributed by atoms with Crippen LogP contribution in [0.25, 0.3) is 0 Å². The Kier molecular flexibility index (Phi) is 5.71. The van der Waals surface area contributed by atoms with E-state index >= 15 is 0 Å². The van der Waals surface area contributed by atoms with Crippen LogP contribution in [0.15, 0.2) is 11.1 Å². The largest absolute Gasteiger partial charge is 0.478 e. The van der Waals surface area contributed by atoms with Crippen molar-refractivity contribution in [3.8, 4) is 0 Å². The van der Waals surface area contributed by atoms with E-state index in [1.54, 1.807) is 0 Å². The maximum absolute atomic E-state index is 10.7. The van der Waals surface area contributed by atoms with Crippen molar-refractivity contribution in [3.05, 3.63) is 11.1 Å². The van der Waals surface area contributed by atoms with Crippen LogP contribution in [0.5, 0.6) is 0 Å². The smallest absolute Gasteiger partial charge is 0.332 e. The van der Waals surface area contributed by atoms with Crippen LogP contribution in [-0.4, -0.2) is 59.9 Å². The summed E-state index contributed by atoms with van der Waals surface area (Å²) in [6, 6.07) is 0. The zero-order chi connectivity index (χ0) is 10.0. The number of carboxylic acids is 2. The van der Waals surface area contributed by atoms with Crippen molar-refractivity contribution >= 4 is 49.7 Å². The molecule has 0 spiro atoms. The second kappa shape index (κ2) is 5.73. The number of carboxylic acid groups (broad SMARTS) is 2. The summed E-state index contributed by atoms with van der Waals surface area (Å²) >= 11 is 0. The summed E-state index contributed by atoms with van der Waals surface area (Å²) in [6.45, 7) is 1.93. The van der Waals surface area contributed by atoms with Gasteiger partial charge in [-0.05, 0) is 25.2 Å². The second-order valence-corrected chi connectivity index (χ2v) is 3.42. The summed E-state index contributed by atoms with van der Waals surface area (Å²) in [5.74, 6) is -1.91. The molecule has 1 rings (SSSR count). The van der Waals surface area contributed by atoms with E-state index in [2.05, 4.69) is 0 Å². The molecule has 0 saturated carbocycles. The van der Waals surface area contributed by atoms with Crippen molar-refractivity contribution in [3.63, 3.8) is 0 Å². The zero-order valence-electron chi connectivity index (χ0n) is 8.12. The molecule has 14 heavy (non-hydrogen) atoms. The third kappa shape index (κ3) is 3.26. The first-order chi connectivity index (χ1) is 6.02. The quantitative estimate of drug-likeness (QED) is 0.683. The Hall–Kier alpha value is -0.0603. The Morgan fingerprint density at radius 3 is 2.14 bits per heavy atom.